The third kappa shape index (κ3) is 9.81. The topological polar surface area (TPSA) is 167 Å². The first-order chi connectivity index (χ1) is 24.2. The van der Waals surface area contributed by atoms with E-state index in [0.29, 0.717) is 36.0 Å². The molecule has 2 aliphatic rings. The van der Waals surface area contributed by atoms with Gasteiger partial charge in [-0.2, -0.15) is 0 Å². The van der Waals surface area contributed by atoms with Crippen LogP contribution in [0.3, 0.4) is 0 Å². The van der Waals surface area contributed by atoms with Crippen molar-refractivity contribution in [2.75, 3.05) is 25.0 Å². The summed E-state index contributed by atoms with van der Waals surface area (Å²) in [5.74, 6) is 1.29. The SMILES string of the molecule is Cc1nnc(-c2ccc(NC(=O)[C@H](Cc3ccc(-c4ccc(C(=O)NC5CCNCC5)cc4C)cc3)NC(=O)[C@H]3CC[C@H](CN)CC3)cc2)[nH]1.Cl. The van der Waals surface area contributed by atoms with Crippen molar-refractivity contribution in [2.24, 2.45) is 17.6 Å². The molecule has 2 heterocycles. The Morgan fingerprint density at radius 3 is 2.18 bits per heavy atom. The Hall–Kier alpha value is -4.58. The zero-order valence-electron chi connectivity index (χ0n) is 29.3. The highest BCUT2D eigenvalue weighted by molar-refractivity contribution is 5.98. The monoisotopic (exact) mass is 712 g/mol. The molecule has 1 saturated carbocycles. The Morgan fingerprint density at radius 2 is 1.55 bits per heavy atom. The molecule has 1 aliphatic carbocycles. The predicted octanol–water partition coefficient (Wildman–Crippen LogP) is 5.09. The van der Waals surface area contributed by atoms with Crippen molar-refractivity contribution in [3.05, 3.63) is 89.2 Å². The third-order valence-corrected chi connectivity index (χ3v) is 10.1. The summed E-state index contributed by atoms with van der Waals surface area (Å²) in [6, 6.07) is 20.7. The number of benzene rings is 3. The number of hydrogen-bond acceptors (Lipinski definition) is 7. The van der Waals surface area contributed by atoms with Crippen LogP contribution in [0.15, 0.2) is 66.7 Å². The van der Waals surface area contributed by atoms with Crippen LogP contribution in [0.2, 0.25) is 0 Å². The highest BCUT2D eigenvalue weighted by Gasteiger charge is 2.29. The van der Waals surface area contributed by atoms with Gasteiger partial charge in [0.15, 0.2) is 5.82 Å². The van der Waals surface area contributed by atoms with Gasteiger partial charge in [0, 0.05) is 35.2 Å². The van der Waals surface area contributed by atoms with E-state index in [2.05, 4.69) is 36.4 Å². The van der Waals surface area contributed by atoms with Gasteiger partial charge in [-0.05, 0) is 137 Å². The number of nitrogens with zero attached hydrogens (tertiary/aromatic N) is 2. The summed E-state index contributed by atoms with van der Waals surface area (Å²) < 4.78 is 0. The molecule has 0 bridgehead atoms. The highest BCUT2D eigenvalue weighted by Crippen LogP contribution is 2.29. The van der Waals surface area contributed by atoms with Crippen LogP contribution in [0.4, 0.5) is 5.69 Å². The number of rotatable bonds is 11. The summed E-state index contributed by atoms with van der Waals surface area (Å²) in [4.78, 5) is 43.2. The summed E-state index contributed by atoms with van der Waals surface area (Å²) in [6.07, 6.45) is 5.61. The molecule has 4 aromatic rings. The summed E-state index contributed by atoms with van der Waals surface area (Å²) >= 11 is 0. The van der Waals surface area contributed by atoms with Crippen LogP contribution >= 0.6 is 12.4 Å². The van der Waals surface area contributed by atoms with Gasteiger partial charge >= 0.3 is 0 Å². The fourth-order valence-electron chi connectivity index (χ4n) is 7.00. The zero-order chi connectivity index (χ0) is 35.0. The smallest absolute Gasteiger partial charge is 0.251 e. The number of nitrogens with one attached hydrogen (secondary N) is 5. The van der Waals surface area contributed by atoms with E-state index in [9.17, 15) is 14.4 Å². The summed E-state index contributed by atoms with van der Waals surface area (Å²) in [6.45, 7) is 6.34. The van der Waals surface area contributed by atoms with E-state index in [1.54, 1.807) is 0 Å². The van der Waals surface area contributed by atoms with Gasteiger partial charge in [0.05, 0.1) is 0 Å². The molecular formula is C39H49ClN8O3. The molecule has 270 valence electrons. The lowest BCUT2D eigenvalue weighted by molar-refractivity contribution is -0.130. The van der Waals surface area contributed by atoms with Crippen LogP contribution in [0.25, 0.3) is 22.5 Å². The number of halogens is 1. The number of H-pyrrole nitrogens is 1. The minimum atomic E-state index is -0.767. The summed E-state index contributed by atoms with van der Waals surface area (Å²) in [5, 5.41) is 20.7. The van der Waals surface area contributed by atoms with Gasteiger partial charge < -0.3 is 32.0 Å². The minimum absolute atomic E-state index is 0. The number of aryl methyl sites for hydroxylation is 2. The quantitative estimate of drug-likeness (QED) is 0.126. The Kier molecular flexibility index (Phi) is 13.0. The van der Waals surface area contributed by atoms with Gasteiger partial charge in [-0.3, -0.25) is 14.4 Å². The molecule has 0 unspecified atom stereocenters. The van der Waals surface area contributed by atoms with Gasteiger partial charge in [-0.1, -0.05) is 30.3 Å². The fraction of sp³-hybridized carbons (Fsp3) is 0.410. The molecule has 1 saturated heterocycles. The first-order valence-corrected chi connectivity index (χ1v) is 17.8. The number of anilines is 1. The molecule has 3 amide bonds. The molecule has 11 nitrogen and oxygen atoms in total. The van der Waals surface area contributed by atoms with E-state index in [1.807, 2.05) is 80.6 Å². The number of aromatic nitrogens is 3. The largest absolute Gasteiger partial charge is 0.349 e. The van der Waals surface area contributed by atoms with Crippen molar-refractivity contribution in [1.82, 2.24) is 31.1 Å². The lowest BCUT2D eigenvalue weighted by Gasteiger charge is -2.28. The number of aromatic amines is 1. The number of carbonyl (C=O) groups excluding carboxylic acids is 3. The van der Waals surface area contributed by atoms with Crippen molar-refractivity contribution < 1.29 is 14.4 Å². The van der Waals surface area contributed by atoms with E-state index < -0.39 is 6.04 Å². The maximum absolute atomic E-state index is 13.7. The number of hydrogen-bond donors (Lipinski definition) is 6. The molecule has 3 aromatic carbocycles. The first-order valence-electron chi connectivity index (χ1n) is 17.8. The lowest BCUT2D eigenvalue weighted by Crippen LogP contribution is -2.48. The summed E-state index contributed by atoms with van der Waals surface area (Å²) in [5.41, 5.74) is 12.0. The minimum Gasteiger partial charge on any atom is -0.349 e. The Morgan fingerprint density at radius 1 is 0.863 bits per heavy atom. The number of piperidine rings is 1. The molecule has 1 aliphatic heterocycles. The molecule has 51 heavy (non-hydrogen) atoms. The Labute approximate surface area is 305 Å². The van der Waals surface area contributed by atoms with Crippen molar-refractivity contribution in [3.8, 4) is 22.5 Å². The van der Waals surface area contributed by atoms with Crippen LogP contribution in [0.1, 0.15) is 65.8 Å². The lowest BCUT2D eigenvalue weighted by atomic mass is 9.81. The van der Waals surface area contributed by atoms with Crippen LogP contribution < -0.4 is 27.0 Å². The average Bonchev–Trinajstić information content (AvgIpc) is 3.58. The van der Waals surface area contributed by atoms with E-state index in [1.165, 1.54) is 0 Å². The highest BCUT2D eigenvalue weighted by atomic mass is 35.5. The third-order valence-electron chi connectivity index (χ3n) is 10.1. The van der Waals surface area contributed by atoms with E-state index >= 15 is 0 Å². The van der Waals surface area contributed by atoms with Crippen molar-refractivity contribution >= 4 is 35.8 Å². The van der Waals surface area contributed by atoms with Gasteiger partial charge in [-0.25, -0.2) is 0 Å². The van der Waals surface area contributed by atoms with Crippen LogP contribution in [0, 0.1) is 25.7 Å². The van der Waals surface area contributed by atoms with E-state index in [0.717, 1.165) is 85.3 Å². The van der Waals surface area contributed by atoms with Crippen LogP contribution in [0.5, 0.6) is 0 Å². The molecule has 6 rings (SSSR count). The van der Waals surface area contributed by atoms with E-state index in [4.69, 9.17) is 5.73 Å². The molecular weight excluding hydrogens is 664 g/mol. The molecule has 0 radical (unpaired) electrons. The molecule has 0 spiro atoms. The second kappa shape index (κ2) is 17.6. The Balaban J connectivity index is 0.00000504. The van der Waals surface area contributed by atoms with Gasteiger partial charge in [0.2, 0.25) is 11.8 Å². The maximum atomic E-state index is 13.7. The predicted molar refractivity (Wildman–Crippen MR) is 203 cm³/mol. The second-order valence-electron chi connectivity index (χ2n) is 13.8. The fourth-order valence-corrected chi connectivity index (χ4v) is 7.00. The molecule has 1 aromatic heterocycles. The molecule has 2 fully saturated rings. The Bertz CT molecular complexity index is 1780. The standard InChI is InChI=1S/C39H48N8O3.ClH/c1-24-21-31(38(49)43-33-17-19-41-20-18-33)13-16-34(24)28-7-3-26(4-8-28)22-35(45-37(48)30-9-5-27(23-40)6-10-30)39(50)44-32-14-11-29(12-15-32)36-42-25(2)46-47-36;/h3-4,7-8,11-16,21,27,30,33,35,41H,5-6,9-10,17-20,22-23,40H2,1-2H3,(H,43,49)(H,44,50)(H,45,48)(H,42,46,47);1H/t27-,30-,35-;/m0./s1. The molecule has 12 heteroatoms. The van der Waals surface area contributed by atoms with Gasteiger partial charge in [0.1, 0.15) is 11.9 Å². The number of amides is 3. The van der Waals surface area contributed by atoms with Gasteiger partial charge in [-0.15, -0.1) is 22.6 Å². The normalized spacial score (nSPS) is 18.3. The second-order valence-corrected chi connectivity index (χ2v) is 13.8. The molecule has 1 atom stereocenters. The van der Waals surface area contributed by atoms with Crippen molar-refractivity contribution in [2.45, 2.75) is 70.9 Å². The first kappa shape index (κ1) is 37.7. The van der Waals surface area contributed by atoms with Crippen LogP contribution in [-0.2, 0) is 16.0 Å². The van der Waals surface area contributed by atoms with Crippen molar-refractivity contribution in [1.29, 1.82) is 0 Å². The van der Waals surface area contributed by atoms with Gasteiger partial charge in [0.25, 0.3) is 5.91 Å². The molecule has 7 N–H and O–H groups in total. The number of nitrogens with two attached hydrogens (primary N) is 1. The maximum Gasteiger partial charge on any atom is 0.251 e. The summed E-state index contributed by atoms with van der Waals surface area (Å²) in [7, 11) is 0. The number of carbonyl (C=O) groups is 3. The van der Waals surface area contributed by atoms with Crippen LogP contribution in [-0.4, -0.2) is 64.6 Å². The average molecular weight is 713 g/mol. The van der Waals surface area contributed by atoms with E-state index in [-0.39, 0.29) is 42.1 Å². The van der Waals surface area contributed by atoms with Crippen molar-refractivity contribution in [3.63, 3.8) is 0 Å². The zero-order valence-corrected chi connectivity index (χ0v) is 30.2.